The lowest BCUT2D eigenvalue weighted by atomic mass is 10.1. The molecule has 0 bridgehead atoms. The number of halogens is 2. The molecule has 0 radical (unpaired) electrons. The molecular formula is C15H15Cl2N3O3. The number of amides is 1. The fourth-order valence-corrected chi connectivity index (χ4v) is 2.16. The maximum atomic E-state index is 11.8. The van der Waals surface area contributed by atoms with Crippen molar-refractivity contribution < 1.29 is 14.3 Å². The first-order valence-electron chi connectivity index (χ1n) is 6.76. The van der Waals surface area contributed by atoms with Crippen LogP contribution in [0.1, 0.15) is 23.7 Å². The van der Waals surface area contributed by atoms with Crippen LogP contribution in [0.25, 0.3) is 0 Å². The van der Waals surface area contributed by atoms with Crippen molar-refractivity contribution in [2.45, 2.75) is 13.3 Å². The fraction of sp³-hybridized carbons (Fsp3) is 0.333. The van der Waals surface area contributed by atoms with Crippen LogP contribution >= 0.6 is 23.2 Å². The quantitative estimate of drug-likeness (QED) is 0.626. The van der Waals surface area contributed by atoms with E-state index in [9.17, 15) is 9.59 Å². The number of hydrogen-bond donors (Lipinski definition) is 1. The zero-order valence-corrected chi connectivity index (χ0v) is 14.1. The molecule has 1 N–H and O–H groups in total. The van der Waals surface area contributed by atoms with Gasteiger partial charge in [0, 0.05) is 13.3 Å². The summed E-state index contributed by atoms with van der Waals surface area (Å²) in [6.45, 7) is 2.07. The first kappa shape index (κ1) is 18.9. The van der Waals surface area contributed by atoms with Crippen LogP contribution in [0.4, 0.5) is 5.69 Å². The second kappa shape index (κ2) is 9.13. The van der Waals surface area contributed by atoms with Crippen molar-refractivity contribution in [2.24, 2.45) is 10.9 Å². The summed E-state index contributed by atoms with van der Waals surface area (Å²) in [6, 6.07) is 4.73. The number of hydrogen-bond acceptors (Lipinski definition) is 5. The van der Waals surface area contributed by atoms with Gasteiger partial charge in [-0.2, -0.15) is 5.26 Å². The molecule has 0 aromatic heterocycles. The van der Waals surface area contributed by atoms with Gasteiger partial charge in [0.2, 0.25) is 0 Å². The molecule has 6 nitrogen and oxygen atoms in total. The monoisotopic (exact) mass is 355 g/mol. The van der Waals surface area contributed by atoms with E-state index >= 15 is 0 Å². The molecule has 1 aromatic rings. The molecule has 23 heavy (non-hydrogen) atoms. The van der Waals surface area contributed by atoms with E-state index in [4.69, 9.17) is 33.2 Å². The van der Waals surface area contributed by atoms with Crippen LogP contribution in [0.3, 0.4) is 0 Å². The van der Waals surface area contributed by atoms with E-state index in [0.29, 0.717) is 6.42 Å². The molecule has 1 amide bonds. The number of esters is 1. The van der Waals surface area contributed by atoms with Gasteiger partial charge >= 0.3 is 5.97 Å². The van der Waals surface area contributed by atoms with Crippen molar-refractivity contribution in [3.63, 3.8) is 0 Å². The van der Waals surface area contributed by atoms with Crippen LogP contribution in [0.2, 0.25) is 10.0 Å². The lowest BCUT2D eigenvalue weighted by molar-refractivity contribution is -0.144. The highest BCUT2D eigenvalue weighted by Crippen LogP contribution is 2.33. The van der Waals surface area contributed by atoms with E-state index in [1.807, 2.05) is 6.92 Å². The lowest BCUT2D eigenvalue weighted by Crippen LogP contribution is -2.19. The largest absolute Gasteiger partial charge is 0.464 e. The molecule has 122 valence electrons. The normalized spacial score (nSPS) is 11.8. The standard InChI is InChI=1S/C15H15Cl2N3O3/c1-3-6-23-15(22)9(7-18)8-20-11-5-4-10(16)12(13(11)17)14(21)19-2/h4-5,8-9H,3,6H2,1-2H3,(H,19,21). The summed E-state index contributed by atoms with van der Waals surface area (Å²) in [7, 11) is 1.44. The van der Waals surface area contributed by atoms with Crippen LogP contribution in [0, 0.1) is 17.2 Å². The zero-order chi connectivity index (χ0) is 17.4. The van der Waals surface area contributed by atoms with Gasteiger partial charge in [0.1, 0.15) is 0 Å². The molecular weight excluding hydrogens is 341 g/mol. The van der Waals surface area contributed by atoms with Gasteiger partial charge in [-0.1, -0.05) is 30.1 Å². The molecule has 0 heterocycles. The van der Waals surface area contributed by atoms with E-state index in [1.165, 1.54) is 19.2 Å². The van der Waals surface area contributed by atoms with E-state index < -0.39 is 17.8 Å². The Morgan fingerprint density at radius 1 is 1.48 bits per heavy atom. The third kappa shape index (κ3) is 4.95. The molecule has 8 heteroatoms. The van der Waals surface area contributed by atoms with E-state index in [2.05, 4.69) is 10.3 Å². The van der Waals surface area contributed by atoms with Gasteiger partial charge in [0.25, 0.3) is 5.91 Å². The first-order valence-corrected chi connectivity index (χ1v) is 7.52. The summed E-state index contributed by atoms with van der Waals surface area (Å²) < 4.78 is 4.89. The van der Waals surface area contributed by atoms with Crippen LogP contribution < -0.4 is 5.32 Å². The minimum Gasteiger partial charge on any atom is -0.464 e. The minimum atomic E-state index is -1.16. The number of carbonyl (C=O) groups excluding carboxylic acids is 2. The number of nitrogens with one attached hydrogen (secondary N) is 1. The Labute approximate surface area is 144 Å². The van der Waals surface area contributed by atoms with Crippen molar-refractivity contribution in [3.8, 4) is 6.07 Å². The number of carbonyl (C=O) groups is 2. The van der Waals surface area contributed by atoms with Crippen molar-refractivity contribution in [3.05, 3.63) is 27.7 Å². The lowest BCUT2D eigenvalue weighted by Gasteiger charge is -2.08. The van der Waals surface area contributed by atoms with Crippen molar-refractivity contribution in [1.82, 2.24) is 5.32 Å². The highest BCUT2D eigenvalue weighted by molar-refractivity contribution is 6.41. The molecule has 0 spiro atoms. The molecule has 0 aliphatic rings. The van der Waals surface area contributed by atoms with Gasteiger partial charge in [0.05, 0.1) is 34.0 Å². The average Bonchev–Trinajstić information content (AvgIpc) is 2.54. The molecule has 0 saturated heterocycles. The third-order valence-corrected chi connectivity index (χ3v) is 3.43. The predicted octanol–water partition coefficient (Wildman–Crippen LogP) is 3.15. The van der Waals surface area contributed by atoms with Crippen molar-refractivity contribution in [2.75, 3.05) is 13.7 Å². The number of rotatable bonds is 6. The molecule has 1 rings (SSSR count). The van der Waals surface area contributed by atoms with Crippen LogP contribution in [-0.2, 0) is 9.53 Å². The summed E-state index contributed by atoms with van der Waals surface area (Å²) in [4.78, 5) is 27.4. The van der Waals surface area contributed by atoms with E-state index in [1.54, 1.807) is 6.07 Å². The third-order valence-electron chi connectivity index (χ3n) is 2.73. The molecule has 0 saturated carbocycles. The molecule has 0 aliphatic heterocycles. The second-order valence-corrected chi connectivity index (χ2v) is 5.17. The molecule has 1 aromatic carbocycles. The fourth-order valence-electron chi connectivity index (χ4n) is 1.57. The summed E-state index contributed by atoms with van der Waals surface area (Å²) >= 11 is 12.1. The van der Waals surface area contributed by atoms with Gasteiger partial charge in [-0.15, -0.1) is 0 Å². The average molecular weight is 356 g/mol. The highest BCUT2D eigenvalue weighted by Gasteiger charge is 2.19. The maximum Gasteiger partial charge on any atom is 0.328 e. The minimum absolute atomic E-state index is 0.0340. The summed E-state index contributed by atoms with van der Waals surface area (Å²) in [5.74, 6) is -2.30. The van der Waals surface area contributed by atoms with Gasteiger partial charge in [0.15, 0.2) is 5.92 Å². The number of nitriles is 1. The van der Waals surface area contributed by atoms with Gasteiger partial charge in [-0.05, 0) is 18.6 Å². The highest BCUT2D eigenvalue weighted by atomic mass is 35.5. The Balaban J connectivity index is 3.06. The Morgan fingerprint density at radius 2 is 2.17 bits per heavy atom. The maximum absolute atomic E-state index is 11.8. The summed E-state index contributed by atoms with van der Waals surface area (Å²) in [6.07, 6.45) is 1.78. The van der Waals surface area contributed by atoms with Gasteiger partial charge < -0.3 is 10.1 Å². The Kier molecular flexibility index (Phi) is 7.52. The van der Waals surface area contributed by atoms with Crippen molar-refractivity contribution >= 4 is 47.0 Å². The topological polar surface area (TPSA) is 91.6 Å². The molecule has 1 unspecified atom stereocenters. The summed E-state index contributed by atoms with van der Waals surface area (Å²) in [5, 5.41) is 11.6. The van der Waals surface area contributed by atoms with E-state index in [-0.39, 0.29) is 27.9 Å². The van der Waals surface area contributed by atoms with Crippen molar-refractivity contribution in [1.29, 1.82) is 5.26 Å². The zero-order valence-electron chi connectivity index (χ0n) is 12.6. The smallest absolute Gasteiger partial charge is 0.328 e. The van der Waals surface area contributed by atoms with Gasteiger partial charge in [-0.25, -0.2) is 0 Å². The molecule has 0 aliphatic carbocycles. The molecule has 1 atom stereocenters. The van der Waals surface area contributed by atoms with Crippen LogP contribution in [0.5, 0.6) is 0 Å². The number of nitrogens with zero attached hydrogens (tertiary/aromatic N) is 2. The summed E-state index contributed by atoms with van der Waals surface area (Å²) in [5.41, 5.74) is 0.297. The van der Waals surface area contributed by atoms with Gasteiger partial charge in [-0.3, -0.25) is 14.6 Å². The van der Waals surface area contributed by atoms with Crippen LogP contribution in [0.15, 0.2) is 17.1 Å². The van der Waals surface area contributed by atoms with Crippen LogP contribution in [-0.4, -0.2) is 31.7 Å². The Morgan fingerprint density at radius 3 is 2.74 bits per heavy atom. The number of ether oxygens (including phenoxy) is 1. The predicted molar refractivity (Wildman–Crippen MR) is 88.4 cm³/mol. The first-order chi connectivity index (χ1) is 11.0. The Bertz CT molecular complexity index is 669. The SMILES string of the molecule is CCCOC(=O)C(C#N)C=Nc1ccc(Cl)c(C(=O)NC)c1Cl. The number of benzene rings is 1. The number of aliphatic imine (C=N–C) groups is 1. The molecule has 0 fully saturated rings. The van der Waals surface area contributed by atoms with E-state index in [0.717, 1.165) is 6.21 Å². The second-order valence-electron chi connectivity index (χ2n) is 4.39. The Hall–Kier alpha value is -2.10.